The highest BCUT2D eigenvalue weighted by Crippen LogP contribution is 2.28. The number of nitrogens with zero attached hydrogens (tertiary/aromatic N) is 3. The lowest BCUT2D eigenvalue weighted by Gasteiger charge is -2.34. The molecular formula is C18H20ClN3O4S. The minimum atomic E-state index is -3.67. The third-order valence-corrected chi connectivity index (χ3v) is 6.60. The first-order valence-corrected chi connectivity index (χ1v) is 10.2. The van der Waals surface area contributed by atoms with Crippen LogP contribution in [-0.4, -0.2) is 61.8 Å². The topological polar surface area (TPSA) is 79.8 Å². The van der Waals surface area contributed by atoms with E-state index in [0.29, 0.717) is 24.5 Å². The summed E-state index contributed by atoms with van der Waals surface area (Å²) in [7, 11) is -2.21. The molecule has 0 aliphatic carbocycles. The van der Waals surface area contributed by atoms with Gasteiger partial charge in [-0.2, -0.15) is 4.31 Å². The first-order chi connectivity index (χ1) is 12.9. The van der Waals surface area contributed by atoms with Gasteiger partial charge in [0.2, 0.25) is 15.9 Å². The molecule has 1 aromatic carbocycles. The number of benzene rings is 1. The van der Waals surface area contributed by atoms with Crippen molar-refractivity contribution in [3.8, 4) is 5.75 Å². The van der Waals surface area contributed by atoms with Gasteiger partial charge in [-0.05, 0) is 30.3 Å². The number of aromatic nitrogens is 1. The SMILES string of the molecule is COc1ccc(S(=O)(=O)N2CCN(C(=O)Cc3ccccn3)CC2)cc1Cl. The summed E-state index contributed by atoms with van der Waals surface area (Å²) in [5.41, 5.74) is 0.699. The third-order valence-electron chi connectivity index (χ3n) is 4.41. The van der Waals surface area contributed by atoms with Gasteiger partial charge in [0.25, 0.3) is 0 Å². The number of rotatable bonds is 5. The maximum absolute atomic E-state index is 12.8. The highest BCUT2D eigenvalue weighted by Gasteiger charge is 2.30. The first-order valence-electron chi connectivity index (χ1n) is 8.43. The Bertz CT molecular complexity index is 913. The second-order valence-electron chi connectivity index (χ2n) is 6.08. The van der Waals surface area contributed by atoms with Crippen LogP contribution in [0.4, 0.5) is 0 Å². The molecule has 0 radical (unpaired) electrons. The number of sulfonamides is 1. The van der Waals surface area contributed by atoms with Gasteiger partial charge in [-0.1, -0.05) is 17.7 Å². The Balaban J connectivity index is 1.64. The lowest BCUT2D eigenvalue weighted by Crippen LogP contribution is -2.50. The van der Waals surface area contributed by atoms with E-state index in [-0.39, 0.29) is 35.3 Å². The normalized spacial score (nSPS) is 15.6. The van der Waals surface area contributed by atoms with Gasteiger partial charge in [0.15, 0.2) is 0 Å². The van der Waals surface area contributed by atoms with Crippen LogP contribution in [-0.2, 0) is 21.2 Å². The van der Waals surface area contributed by atoms with E-state index in [1.54, 1.807) is 23.2 Å². The molecule has 0 atom stereocenters. The van der Waals surface area contributed by atoms with E-state index in [9.17, 15) is 13.2 Å². The average molecular weight is 410 g/mol. The number of carbonyl (C=O) groups is 1. The van der Waals surface area contributed by atoms with Crippen LogP contribution in [0.1, 0.15) is 5.69 Å². The first kappa shape index (κ1) is 19.6. The van der Waals surface area contributed by atoms with E-state index in [2.05, 4.69) is 4.98 Å². The smallest absolute Gasteiger partial charge is 0.243 e. The second-order valence-corrected chi connectivity index (χ2v) is 8.42. The monoisotopic (exact) mass is 409 g/mol. The molecule has 7 nitrogen and oxygen atoms in total. The van der Waals surface area contributed by atoms with Crippen molar-refractivity contribution in [2.24, 2.45) is 0 Å². The molecule has 1 aliphatic heterocycles. The fraction of sp³-hybridized carbons (Fsp3) is 0.333. The Morgan fingerprint density at radius 1 is 1.19 bits per heavy atom. The molecule has 1 amide bonds. The van der Waals surface area contributed by atoms with Gasteiger partial charge in [0.05, 0.1) is 23.4 Å². The van der Waals surface area contributed by atoms with Crippen LogP contribution >= 0.6 is 11.6 Å². The summed E-state index contributed by atoms with van der Waals surface area (Å²) in [6.07, 6.45) is 1.86. The van der Waals surface area contributed by atoms with Crippen molar-refractivity contribution in [1.82, 2.24) is 14.2 Å². The molecule has 0 unspecified atom stereocenters. The molecule has 1 saturated heterocycles. The zero-order valence-electron chi connectivity index (χ0n) is 14.8. The molecule has 2 heterocycles. The molecular weight excluding hydrogens is 390 g/mol. The van der Waals surface area contributed by atoms with E-state index in [4.69, 9.17) is 16.3 Å². The zero-order chi connectivity index (χ0) is 19.4. The number of methoxy groups -OCH3 is 1. The third kappa shape index (κ3) is 4.40. The van der Waals surface area contributed by atoms with Gasteiger partial charge < -0.3 is 9.64 Å². The summed E-state index contributed by atoms with van der Waals surface area (Å²) >= 11 is 6.05. The molecule has 0 N–H and O–H groups in total. The van der Waals surface area contributed by atoms with E-state index >= 15 is 0 Å². The number of hydrogen-bond donors (Lipinski definition) is 0. The number of amides is 1. The van der Waals surface area contributed by atoms with Crippen molar-refractivity contribution in [3.63, 3.8) is 0 Å². The lowest BCUT2D eigenvalue weighted by molar-refractivity contribution is -0.131. The van der Waals surface area contributed by atoms with E-state index in [1.807, 2.05) is 6.07 Å². The summed E-state index contributed by atoms with van der Waals surface area (Å²) in [5, 5.41) is 0.239. The molecule has 1 aliphatic rings. The minimum Gasteiger partial charge on any atom is -0.495 e. The van der Waals surface area contributed by atoms with E-state index in [1.165, 1.54) is 29.6 Å². The Labute approximate surface area is 163 Å². The second kappa shape index (κ2) is 8.24. The van der Waals surface area contributed by atoms with Gasteiger partial charge in [-0.3, -0.25) is 9.78 Å². The van der Waals surface area contributed by atoms with E-state index < -0.39 is 10.0 Å². The molecule has 144 valence electrons. The molecule has 9 heteroatoms. The van der Waals surface area contributed by atoms with Gasteiger partial charge in [-0.15, -0.1) is 0 Å². The number of ether oxygens (including phenoxy) is 1. The van der Waals surface area contributed by atoms with Crippen LogP contribution in [0.25, 0.3) is 0 Å². The Morgan fingerprint density at radius 2 is 1.93 bits per heavy atom. The summed E-state index contributed by atoms with van der Waals surface area (Å²) in [4.78, 5) is 18.3. The van der Waals surface area contributed by atoms with Crippen LogP contribution in [0.2, 0.25) is 5.02 Å². The number of piperazine rings is 1. The summed E-state index contributed by atoms with van der Waals surface area (Å²) in [6, 6.07) is 9.81. The van der Waals surface area contributed by atoms with Gasteiger partial charge >= 0.3 is 0 Å². The quantitative estimate of drug-likeness (QED) is 0.752. The largest absolute Gasteiger partial charge is 0.495 e. The molecule has 1 aromatic heterocycles. The molecule has 27 heavy (non-hydrogen) atoms. The van der Waals surface area contributed by atoms with Crippen LogP contribution in [0.5, 0.6) is 5.75 Å². The fourth-order valence-corrected chi connectivity index (χ4v) is 4.68. The van der Waals surface area contributed by atoms with Crippen LogP contribution in [0, 0.1) is 0 Å². The summed E-state index contributed by atoms with van der Waals surface area (Å²) < 4.78 is 32.1. The maximum atomic E-state index is 12.8. The maximum Gasteiger partial charge on any atom is 0.243 e. The summed E-state index contributed by atoms with van der Waals surface area (Å²) in [5.74, 6) is 0.360. The summed E-state index contributed by atoms with van der Waals surface area (Å²) in [6.45, 7) is 1.16. The molecule has 3 rings (SSSR count). The van der Waals surface area contributed by atoms with Crippen LogP contribution in [0.3, 0.4) is 0 Å². The predicted octanol–water partition coefficient (Wildman–Crippen LogP) is 1.82. The van der Waals surface area contributed by atoms with Gasteiger partial charge in [0, 0.05) is 38.1 Å². The Kier molecular flexibility index (Phi) is 5.98. The van der Waals surface area contributed by atoms with Crippen molar-refractivity contribution in [3.05, 3.63) is 53.3 Å². The molecule has 0 spiro atoms. The van der Waals surface area contributed by atoms with Gasteiger partial charge in [0.1, 0.15) is 5.75 Å². The van der Waals surface area contributed by atoms with Crippen molar-refractivity contribution >= 4 is 27.5 Å². The van der Waals surface area contributed by atoms with Crippen molar-refractivity contribution in [1.29, 1.82) is 0 Å². The predicted molar refractivity (Wildman–Crippen MR) is 101 cm³/mol. The van der Waals surface area contributed by atoms with Crippen molar-refractivity contribution in [2.75, 3.05) is 33.3 Å². The number of halogens is 1. The lowest BCUT2D eigenvalue weighted by atomic mass is 10.2. The molecule has 0 bridgehead atoms. The molecule has 2 aromatic rings. The van der Waals surface area contributed by atoms with Crippen molar-refractivity contribution < 1.29 is 17.9 Å². The average Bonchev–Trinajstić information content (AvgIpc) is 2.68. The standard InChI is InChI=1S/C18H20ClN3O4S/c1-26-17-6-5-15(13-16(17)19)27(24,25)22-10-8-21(9-11-22)18(23)12-14-4-2-3-7-20-14/h2-7,13H,8-12H2,1H3. The number of pyridine rings is 1. The Hall–Kier alpha value is -2.16. The van der Waals surface area contributed by atoms with E-state index in [0.717, 1.165) is 0 Å². The molecule has 1 fully saturated rings. The van der Waals surface area contributed by atoms with Crippen LogP contribution in [0.15, 0.2) is 47.5 Å². The Morgan fingerprint density at radius 3 is 2.52 bits per heavy atom. The molecule has 0 saturated carbocycles. The minimum absolute atomic E-state index is 0.0572. The highest BCUT2D eigenvalue weighted by molar-refractivity contribution is 7.89. The number of hydrogen-bond acceptors (Lipinski definition) is 5. The van der Waals surface area contributed by atoms with Gasteiger partial charge in [-0.25, -0.2) is 8.42 Å². The van der Waals surface area contributed by atoms with Crippen molar-refractivity contribution in [2.45, 2.75) is 11.3 Å². The highest BCUT2D eigenvalue weighted by atomic mass is 35.5. The zero-order valence-corrected chi connectivity index (χ0v) is 16.4. The van der Waals surface area contributed by atoms with Crippen LogP contribution < -0.4 is 4.74 Å². The number of carbonyl (C=O) groups excluding carboxylic acids is 1. The fourth-order valence-electron chi connectivity index (χ4n) is 2.90.